The molecule has 0 aliphatic carbocycles. The fraction of sp³-hybridized carbons (Fsp3) is 0.400. The van der Waals surface area contributed by atoms with Crippen molar-refractivity contribution in [1.82, 2.24) is 21.5 Å². The molecule has 1 aromatic rings. The lowest BCUT2D eigenvalue weighted by atomic mass is 10.0. The van der Waals surface area contributed by atoms with Gasteiger partial charge in [-0.05, 0) is 65.1 Å². The lowest BCUT2D eigenvalue weighted by molar-refractivity contribution is 0.588. The summed E-state index contributed by atoms with van der Waals surface area (Å²) in [7, 11) is 0. The molecule has 4 nitrogen and oxygen atoms in total. The molecule has 2 atom stereocenters. The van der Waals surface area contributed by atoms with Crippen LogP contribution in [-0.4, -0.2) is 17.5 Å². The zero-order valence-electron chi connectivity index (χ0n) is 22.2. The Morgan fingerprint density at radius 1 is 0.971 bits per heavy atom. The van der Waals surface area contributed by atoms with Crippen LogP contribution >= 0.6 is 11.8 Å². The average molecular weight is 495 g/mol. The predicted molar refractivity (Wildman–Crippen MR) is 158 cm³/mol. The lowest BCUT2D eigenvalue weighted by Gasteiger charge is -2.25. The van der Waals surface area contributed by atoms with Crippen LogP contribution in [0.15, 0.2) is 103 Å². The Bertz CT molecular complexity index is 850. The third-order valence-electron chi connectivity index (χ3n) is 5.35. The Balaban J connectivity index is 2.50. The molecule has 0 aliphatic heterocycles. The smallest absolute Gasteiger partial charge is 0.0903 e. The van der Waals surface area contributed by atoms with E-state index in [-0.39, 0.29) is 6.04 Å². The van der Waals surface area contributed by atoms with Crippen molar-refractivity contribution in [3.8, 4) is 0 Å². The fourth-order valence-corrected chi connectivity index (χ4v) is 4.42. The molecule has 0 fully saturated rings. The van der Waals surface area contributed by atoms with Crippen LogP contribution in [-0.2, 0) is 0 Å². The van der Waals surface area contributed by atoms with Crippen LogP contribution in [0.3, 0.4) is 0 Å². The highest BCUT2D eigenvalue weighted by molar-refractivity contribution is 7.99. The van der Waals surface area contributed by atoms with Gasteiger partial charge in [0, 0.05) is 35.1 Å². The van der Waals surface area contributed by atoms with Crippen molar-refractivity contribution in [3.05, 3.63) is 109 Å². The van der Waals surface area contributed by atoms with Crippen LogP contribution in [0.25, 0.3) is 0 Å². The van der Waals surface area contributed by atoms with E-state index in [9.17, 15) is 0 Å². The largest absolute Gasteiger partial charge is 0.384 e. The SMILES string of the molecule is C=CNN/C(=C\CSCC(C)NC(=C)C(NC=C)c1ccccc1)CC/C=C(\C)CCC=C(C)C. The summed E-state index contributed by atoms with van der Waals surface area (Å²) in [5, 5.41) is 6.86. The normalized spacial score (nSPS) is 13.3. The van der Waals surface area contributed by atoms with Crippen LogP contribution in [0.1, 0.15) is 65.0 Å². The van der Waals surface area contributed by atoms with Gasteiger partial charge in [-0.15, -0.1) is 0 Å². The van der Waals surface area contributed by atoms with E-state index in [1.807, 2.05) is 30.0 Å². The van der Waals surface area contributed by atoms with Crippen molar-refractivity contribution in [2.45, 2.75) is 65.5 Å². The van der Waals surface area contributed by atoms with E-state index < -0.39 is 0 Å². The Kier molecular flexibility index (Phi) is 16.0. The highest BCUT2D eigenvalue weighted by Gasteiger charge is 2.15. The quantitative estimate of drug-likeness (QED) is 0.0925. The number of hydrogen-bond acceptors (Lipinski definition) is 5. The average Bonchev–Trinajstić information content (AvgIpc) is 2.83. The van der Waals surface area contributed by atoms with Gasteiger partial charge >= 0.3 is 0 Å². The van der Waals surface area contributed by atoms with Crippen LogP contribution in [0.4, 0.5) is 0 Å². The molecule has 35 heavy (non-hydrogen) atoms. The maximum Gasteiger partial charge on any atom is 0.0903 e. The molecule has 0 heterocycles. The summed E-state index contributed by atoms with van der Waals surface area (Å²) in [4.78, 5) is 0. The van der Waals surface area contributed by atoms with Gasteiger partial charge in [0.2, 0.25) is 0 Å². The van der Waals surface area contributed by atoms with Crippen LogP contribution in [0.5, 0.6) is 0 Å². The van der Waals surface area contributed by atoms with Gasteiger partial charge in [-0.25, -0.2) is 0 Å². The summed E-state index contributed by atoms with van der Waals surface area (Å²) < 4.78 is 0. The number of hydrazine groups is 1. The second-order valence-corrected chi connectivity index (χ2v) is 10.0. The van der Waals surface area contributed by atoms with Crippen molar-refractivity contribution in [2.24, 2.45) is 0 Å². The number of thioether (sulfide) groups is 1. The molecule has 0 saturated carbocycles. The molecule has 0 spiro atoms. The standard InChI is InChI=1S/C30H46N4S/c1-8-31-30(28-18-11-10-12-19-28)27(7)33-26(6)23-35-22-21-29(34-32-9-2)20-14-17-25(5)16-13-15-24(3)4/h8-12,15,17-19,21,26,30-34H,1-2,7,13-14,16,20,22-23H2,3-6H3/b25-17+,29-21-. The first-order valence-corrected chi connectivity index (χ1v) is 13.6. The van der Waals surface area contributed by atoms with Crippen molar-refractivity contribution >= 4 is 11.8 Å². The van der Waals surface area contributed by atoms with E-state index in [0.717, 1.165) is 42.9 Å². The second kappa shape index (κ2) is 18.5. The third-order valence-corrected chi connectivity index (χ3v) is 6.48. The van der Waals surface area contributed by atoms with Gasteiger partial charge in [0.25, 0.3) is 0 Å². The fourth-order valence-electron chi connectivity index (χ4n) is 3.53. The third kappa shape index (κ3) is 14.3. The van der Waals surface area contributed by atoms with Crippen LogP contribution in [0, 0.1) is 0 Å². The Hall–Kier alpha value is -2.79. The molecular formula is C30H46N4S. The first-order chi connectivity index (χ1) is 16.9. The predicted octanol–water partition coefficient (Wildman–Crippen LogP) is 7.28. The second-order valence-electron chi connectivity index (χ2n) is 8.93. The highest BCUT2D eigenvalue weighted by Crippen LogP contribution is 2.19. The van der Waals surface area contributed by atoms with Crippen LogP contribution in [0.2, 0.25) is 0 Å². The molecule has 192 valence electrons. The zero-order valence-corrected chi connectivity index (χ0v) is 23.0. The maximum atomic E-state index is 4.28. The van der Waals surface area contributed by atoms with Gasteiger partial charge in [0.05, 0.1) is 6.04 Å². The maximum absolute atomic E-state index is 4.28. The molecule has 1 rings (SSSR count). The number of hydrogen-bond donors (Lipinski definition) is 4. The number of benzene rings is 1. The minimum Gasteiger partial charge on any atom is -0.384 e. The van der Waals surface area contributed by atoms with E-state index in [2.05, 4.69) is 99.3 Å². The molecule has 0 radical (unpaired) electrons. The molecular weight excluding hydrogens is 448 g/mol. The van der Waals surface area contributed by atoms with Crippen molar-refractivity contribution in [2.75, 3.05) is 11.5 Å². The molecule has 0 aliphatic rings. The summed E-state index contributed by atoms with van der Waals surface area (Å²) in [5.41, 5.74) is 12.4. The summed E-state index contributed by atoms with van der Waals surface area (Å²) in [6.07, 6.45) is 14.6. The Morgan fingerprint density at radius 3 is 2.34 bits per heavy atom. The topological polar surface area (TPSA) is 48.1 Å². The molecule has 5 heteroatoms. The summed E-state index contributed by atoms with van der Waals surface area (Å²) in [6.45, 7) is 20.6. The number of rotatable bonds is 19. The molecule has 1 aromatic carbocycles. The minimum atomic E-state index is 0.000329. The molecule has 0 amide bonds. The molecule has 0 aromatic heterocycles. The minimum absolute atomic E-state index is 0.000329. The molecule has 0 saturated heterocycles. The number of nitrogens with one attached hydrogen (secondary N) is 4. The summed E-state index contributed by atoms with van der Waals surface area (Å²) >= 11 is 1.90. The summed E-state index contributed by atoms with van der Waals surface area (Å²) in [5.74, 6) is 1.92. The van der Waals surface area contributed by atoms with E-state index in [0.29, 0.717) is 6.04 Å². The van der Waals surface area contributed by atoms with Crippen LogP contribution < -0.4 is 21.5 Å². The van der Waals surface area contributed by atoms with Gasteiger partial charge in [-0.3, -0.25) is 0 Å². The van der Waals surface area contributed by atoms with E-state index in [1.54, 1.807) is 12.4 Å². The number of allylic oxidation sites excluding steroid dienone is 5. The highest BCUT2D eigenvalue weighted by atomic mass is 32.2. The molecule has 2 unspecified atom stereocenters. The van der Waals surface area contributed by atoms with Gasteiger partial charge in [-0.1, -0.05) is 79.4 Å². The van der Waals surface area contributed by atoms with Gasteiger partial charge in [0.15, 0.2) is 0 Å². The van der Waals surface area contributed by atoms with E-state index in [1.165, 1.54) is 22.4 Å². The molecule has 0 bridgehead atoms. The Labute approximate surface area is 218 Å². The van der Waals surface area contributed by atoms with Gasteiger partial charge < -0.3 is 21.5 Å². The first-order valence-electron chi connectivity index (χ1n) is 12.4. The molecule has 4 N–H and O–H groups in total. The van der Waals surface area contributed by atoms with Crippen molar-refractivity contribution in [1.29, 1.82) is 0 Å². The monoisotopic (exact) mass is 494 g/mol. The van der Waals surface area contributed by atoms with Crippen molar-refractivity contribution in [3.63, 3.8) is 0 Å². The zero-order chi connectivity index (χ0) is 25.9. The van der Waals surface area contributed by atoms with E-state index >= 15 is 0 Å². The van der Waals surface area contributed by atoms with Gasteiger partial charge in [0.1, 0.15) is 0 Å². The lowest BCUT2D eigenvalue weighted by Crippen LogP contribution is -2.33. The Morgan fingerprint density at radius 2 is 1.69 bits per heavy atom. The van der Waals surface area contributed by atoms with Gasteiger partial charge in [-0.2, -0.15) is 11.8 Å². The van der Waals surface area contributed by atoms with E-state index in [4.69, 9.17) is 0 Å². The van der Waals surface area contributed by atoms with Crippen molar-refractivity contribution < 1.29 is 0 Å². The summed E-state index contributed by atoms with van der Waals surface area (Å²) in [6, 6.07) is 10.6. The first kappa shape index (κ1) is 30.2.